The van der Waals surface area contributed by atoms with Gasteiger partial charge < -0.3 is 4.40 Å². The number of rotatable bonds is 3. The molecular weight excluding hydrogens is 571 g/mol. The fraction of sp³-hybridized carbons (Fsp3) is 0. The van der Waals surface area contributed by atoms with Crippen molar-refractivity contribution in [2.24, 2.45) is 0 Å². The van der Waals surface area contributed by atoms with Crippen molar-refractivity contribution in [3.05, 3.63) is 162 Å². The molecule has 2 nitrogen and oxygen atoms in total. The summed E-state index contributed by atoms with van der Waals surface area (Å²) >= 11 is 0. The Kier molecular flexibility index (Phi) is 4.75. The lowest BCUT2D eigenvalue weighted by Crippen LogP contribution is -2.12. The highest BCUT2D eigenvalue weighted by atomic mass is 16.1. The van der Waals surface area contributed by atoms with E-state index in [4.69, 9.17) is 0 Å². The van der Waals surface area contributed by atoms with Crippen molar-refractivity contribution in [1.82, 2.24) is 4.40 Å². The number of hydrogen-bond acceptors (Lipinski definition) is 1. The molecule has 0 radical (unpaired) electrons. The van der Waals surface area contributed by atoms with Gasteiger partial charge in [0.05, 0.1) is 16.6 Å². The Morgan fingerprint density at radius 1 is 0.319 bits per heavy atom. The van der Waals surface area contributed by atoms with Crippen molar-refractivity contribution in [3.63, 3.8) is 0 Å². The number of fused-ring (bicyclic) bond motifs is 2. The summed E-state index contributed by atoms with van der Waals surface area (Å²) < 4.78 is 2.44. The molecule has 0 spiro atoms. The van der Waals surface area contributed by atoms with Crippen LogP contribution >= 0.6 is 0 Å². The molecule has 0 unspecified atom stereocenters. The lowest BCUT2D eigenvalue weighted by Gasteiger charge is -2.25. The molecule has 0 atom stereocenters. The van der Waals surface area contributed by atoms with Crippen molar-refractivity contribution >= 4 is 70.4 Å². The normalized spacial score (nSPS) is 12.3. The third-order valence-electron chi connectivity index (χ3n) is 10.4. The highest BCUT2D eigenvalue weighted by molar-refractivity contribution is 6.36. The molecule has 0 saturated carbocycles. The maximum atomic E-state index is 15.0. The Balaban J connectivity index is 1.49. The van der Waals surface area contributed by atoms with Crippen LogP contribution in [-0.4, -0.2) is 4.40 Å². The van der Waals surface area contributed by atoms with E-state index < -0.39 is 0 Å². The minimum Gasteiger partial charge on any atom is -0.306 e. The topological polar surface area (TPSA) is 21.5 Å². The SMILES string of the molecule is O=c1c2cc(-c3ccccc3)c3cccc4c5cc(-c6ccccc6)cc6c7cccc8c(-c9ccccc9)cc1c(c87)n(c56)c2c34. The van der Waals surface area contributed by atoms with Gasteiger partial charge in [0.1, 0.15) is 0 Å². The average Bonchev–Trinajstić information content (AvgIpc) is 3.14. The lowest BCUT2D eigenvalue weighted by atomic mass is 9.85. The molecule has 47 heavy (non-hydrogen) atoms. The maximum Gasteiger partial charge on any atom is 0.197 e. The zero-order valence-corrected chi connectivity index (χ0v) is 25.3. The van der Waals surface area contributed by atoms with Gasteiger partial charge in [-0.1, -0.05) is 127 Å². The van der Waals surface area contributed by atoms with E-state index in [1.807, 2.05) is 12.1 Å². The van der Waals surface area contributed by atoms with E-state index in [0.29, 0.717) is 0 Å². The first kappa shape index (κ1) is 25.0. The van der Waals surface area contributed by atoms with Crippen molar-refractivity contribution in [1.29, 1.82) is 0 Å². The number of nitrogens with zero attached hydrogens (tertiary/aromatic N) is 1. The summed E-state index contributed by atoms with van der Waals surface area (Å²) in [5.74, 6) is 0. The van der Waals surface area contributed by atoms with E-state index in [-0.39, 0.29) is 5.43 Å². The Morgan fingerprint density at radius 2 is 0.745 bits per heavy atom. The molecule has 3 aromatic heterocycles. The largest absolute Gasteiger partial charge is 0.306 e. The number of aromatic nitrogens is 1. The first-order valence-corrected chi connectivity index (χ1v) is 16.2. The molecule has 2 heteroatoms. The van der Waals surface area contributed by atoms with E-state index in [2.05, 4.69) is 144 Å². The summed E-state index contributed by atoms with van der Waals surface area (Å²) in [5.41, 5.74) is 10.0. The number of pyridine rings is 3. The maximum absolute atomic E-state index is 15.0. The van der Waals surface area contributed by atoms with Crippen molar-refractivity contribution in [2.75, 3.05) is 0 Å². The van der Waals surface area contributed by atoms with Gasteiger partial charge in [0.25, 0.3) is 0 Å². The number of benzene rings is 8. The zero-order valence-electron chi connectivity index (χ0n) is 25.3. The predicted octanol–water partition coefficient (Wildman–Crippen LogP) is 11.5. The van der Waals surface area contributed by atoms with Crippen molar-refractivity contribution < 1.29 is 0 Å². The highest BCUT2D eigenvalue weighted by Crippen LogP contribution is 2.48. The predicted molar refractivity (Wildman–Crippen MR) is 199 cm³/mol. The van der Waals surface area contributed by atoms with Gasteiger partial charge in [0.2, 0.25) is 0 Å². The van der Waals surface area contributed by atoms with Crippen molar-refractivity contribution in [2.45, 2.75) is 0 Å². The van der Waals surface area contributed by atoms with Crippen LogP contribution in [0.3, 0.4) is 0 Å². The summed E-state index contributed by atoms with van der Waals surface area (Å²) in [6.07, 6.45) is 0. The number of hydrogen-bond donors (Lipinski definition) is 0. The first-order valence-electron chi connectivity index (χ1n) is 16.2. The van der Waals surface area contributed by atoms with Gasteiger partial charge in [-0.3, -0.25) is 4.79 Å². The first-order chi connectivity index (χ1) is 23.3. The van der Waals surface area contributed by atoms with Crippen LogP contribution in [0.25, 0.3) is 104 Å². The fourth-order valence-electron chi connectivity index (χ4n) is 8.45. The second-order valence-electron chi connectivity index (χ2n) is 12.8. The molecule has 11 aromatic rings. The molecule has 0 fully saturated rings. The van der Waals surface area contributed by atoms with Crippen LogP contribution in [-0.2, 0) is 0 Å². The molecule has 0 bridgehead atoms. The molecule has 0 aliphatic heterocycles. The van der Waals surface area contributed by atoms with Gasteiger partial charge in [0.15, 0.2) is 5.43 Å². The second kappa shape index (κ2) is 8.93. The Morgan fingerprint density at radius 3 is 1.21 bits per heavy atom. The standard InChI is InChI=1S/C45H25NO/c47-45-38-24-34(27-14-6-2-7-15-27)30-18-10-20-32-36-22-29(26-12-4-1-5-13-26)23-37-33-21-11-19-31-35(28-16-8-3-9-17-28)25-39(45)44(41(31)33)46(42(36)37)43(38)40(30)32/h1-25H. The molecular formula is C45H25NO. The van der Waals surface area contributed by atoms with Crippen LogP contribution in [0.1, 0.15) is 0 Å². The molecule has 0 saturated heterocycles. The van der Waals surface area contributed by atoms with Crippen LogP contribution < -0.4 is 5.43 Å². The van der Waals surface area contributed by atoms with E-state index in [0.717, 1.165) is 65.6 Å². The highest BCUT2D eigenvalue weighted by Gasteiger charge is 2.26. The minimum atomic E-state index is 0.0850. The van der Waals surface area contributed by atoms with Gasteiger partial charge in [-0.2, -0.15) is 0 Å². The monoisotopic (exact) mass is 595 g/mol. The van der Waals surface area contributed by atoms with E-state index in [1.54, 1.807) is 0 Å². The lowest BCUT2D eigenvalue weighted by molar-refractivity contribution is 1.34. The van der Waals surface area contributed by atoms with Gasteiger partial charge in [-0.15, -0.1) is 0 Å². The summed E-state index contributed by atoms with van der Waals surface area (Å²) in [7, 11) is 0. The molecule has 0 aliphatic carbocycles. The summed E-state index contributed by atoms with van der Waals surface area (Å²) in [6.45, 7) is 0. The molecule has 3 heterocycles. The van der Waals surface area contributed by atoms with Crippen LogP contribution in [0, 0.1) is 0 Å². The third kappa shape index (κ3) is 3.17. The smallest absolute Gasteiger partial charge is 0.197 e. The summed E-state index contributed by atoms with van der Waals surface area (Å²) in [4.78, 5) is 15.0. The van der Waals surface area contributed by atoms with Gasteiger partial charge >= 0.3 is 0 Å². The van der Waals surface area contributed by atoms with Gasteiger partial charge in [-0.25, -0.2) is 0 Å². The van der Waals surface area contributed by atoms with Crippen LogP contribution in [0.5, 0.6) is 0 Å². The summed E-state index contributed by atoms with van der Waals surface area (Å²) in [5, 5.41) is 10.9. The van der Waals surface area contributed by atoms with E-state index >= 15 is 0 Å². The average molecular weight is 596 g/mol. The van der Waals surface area contributed by atoms with Crippen LogP contribution in [0.2, 0.25) is 0 Å². The minimum absolute atomic E-state index is 0.0850. The molecule has 11 rings (SSSR count). The van der Waals surface area contributed by atoms with E-state index in [9.17, 15) is 4.79 Å². The van der Waals surface area contributed by atoms with Crippen LogP contribution in [0.4, 0.5) is 0 Å². The zero-order chi connectivity index (χ0) is 30.8. The molecule has 0 N–H and O–H groups in total. The van der Waals surface area contributed by atoms with Crippen LogP contribution in [0.15, 0.2) is 156 Å². The Bertz CT molecular complexity index is 2870. The second-order valence-corrected chi connectivity index (χ2v) is 12.8. The van der Waals surface area contributed by atoms with Crippen molar-refractivity contribution in [3.8, 4) is 33.4 Å². The summed E-state index contributed by atoms with van der Waals surface area (Å²) in [6, 6.07) is 54.0. The van der Waals surface area contributed by atoms with Gasteiger partial charge in [-0.05, 0) is 79.2 Å². The Hall–Kier alpha value is -6.25. The molecule has 8 aromatic carbocycles. The van der Waals surface area contributed by atoms with E-state index in [1.165, 1.54) is 38.2 Å². The van der Waals surface area contributed by atoms with Gasteiger partial charge in [0, 0.05) is 32.3 Å². The fourth-order valence-corrected chi connectivity index (χ4v) is 8.45. The molecule has 0 amide bonds. The molecule has 0 aliphatic rings. The Labute approximate surface area is 269 Å². The molecule has 216 valence electrons. The third-order valence-corrected chi connectivity index (χ3v) is 10.4. The quantitative estimate of drug-likeness (QED) is 0.147.